The molecule has 3 N–H and O–H groups in total. The summed E-state index contributed by atoms with van der Waals surface area (Å²) in [6.07, 6.45) is 4.26. The molecule has 0 aliphatic carbocycles. The summed E-state index contributed by atoms with van der Waals surface area (Å²) >= 11 is 0. The van der Waals surface area contributed by atoms with E-state index >= 15 is 0 Å². The Morgan fingerprint density at radius 3 is 2.88 bits per heavy atom. The highest BCUT2D eigenvalue weighted by atomic mass is 16.4. The standard InChI is InChI=1S/C12H20N2O3/c1-2-4-10(12(16)17)14-11(15)7-9-5-3-6-13-8-9/h2,9-10,13H,1,3-8H2,(H,14,15)(H,16,17). The summed E-state index contributed by atoms with van der Waals surface area (Å²) in [5.74, 6) is -0.880. The number of piperidine rings is 1. The fourth-order valence-corrected chi connectivity index (χ4v) is 2.00. The van der Waals surface area contributed by atoms with Crippen molar-refractivity contribution < 1.29 is 14.7 Å². The maximum atomic E-state index is 11.7. The van der Waals surface area contributed by atoms with E-state index in [2.05, 4.69) is 17.2 Å². The first-order valence-electron chi connectivity index (χ1n) is 5.97. The molecule has 1 aliphatic heterocycles. The number of amides is 1. The van der Waals surface area contributed by atoms with Crippen LogP contribution in [0.15, 0.2) is 12.7 Å². The second kappa shape index (κ2) is 7.06. The number of carbonyl (C=O) groups is 2. The lowest BCUT2D eigenvalue weighted by molar-refractivity contribution is -0.141. The molecule has 5 nitrogen and oxygen atoms in total. The van der Waals surface area contributed by atoms with Gasteiger partial charge in [-0.3, -0.25) is 4.79 Å². The van der Waals surface area contributed by atoms with Crippen molar-refractivity contribution >= 4 is 11.9 Å². The van der Waals surface area contributed by atoms with Crippen molar-refractivity contribution in [2.75, 3.05) is 13.1 Å². The molecule has 1 saturated heterocycles. The minimum Gasteiger partial charge on any atom is -0.480 e. The Bertz CT molecular complexity index is 285. The van der Waals surface area contributed by atoms with Crippen molar-refractivity contribution in [2.24, 2.45) is 5.92 Å². The van der Waals surface area contributed by atoms with Crippen LogP contribution in [-0.4, -0.2) is 36.1 Å². The summed E-state index contributed by atoms with van der Waals surface area (Å²) < 4.78 is 0. The van der Waals surface area contributed by atoms with Gasteiger partial charge in [0.25, 0.3) is 0 Å². The zero-order chi connectivity index (χ0) is 12.7. The summed E-state index contributed by atoms with van der Waals surface area (Å²) in [7, 11) is 0. The Balaban J connectivity index is 2.35. The number of aliphatic carboxylic acids is 1. The van der Waals surface area contributed by atoms with Crippen LogP contribution in [0.3, 0.4) is 0 Å². The van der Waals surface area contributed by atoms with E-state index in [1.807, 2.05) is 0 Å². The Morgan fingerprint density at radius 1 is 1.59 bits per heavy atom. The number of hydrogen-bond donors (Lipinski definition) is 3. The average molecular weight is 240 g/mol. The Hall–Kier alpha value is -1.36. The fraction of sp³-hybridized carbons (Fsp3) is 0.667. The number of carboxylic acid groups (broad SMARTS) is 1. The van der Waals surface area contributed by atoms with E-state index in [4.69, 9.17) is 5.11 Å². The summed E-state index contributed by atoms with van der Waals surface area (Å²) in [4.78, 5) is 22.5. The van der Waals surface area contributed by atoms with Gasteiger partial charge in [0.1, 0.15) is 6.04 Å². The van der Waals surface area contributed by atoms with Crippen LogP contribution in [0.1, 0.15) is 25.7 Å². The largest absolute Gasteiger partial charge is 0.480 e. The molecule has 0 spiro atoms. The van der Waals surface area contributed by atoms with Gasteiger partial charge < -0.3 is 15.7 Å². The van der Waals surface area contributed by atoms with Crippen molar-refractivity contribution in [3.63, 3.8) is 0 Å². The first kappa shape index (κ1) is 13.7. The van der Waals surface area contributed by atoms with E-state index in [0.29, 0.717) is 12.3 Å². The van der Waals surface area contributed by atoms with Crippen molar-refractivity contribution in [3.8, 4) is 0 Å². The smallest absolute Gasteiger partial charge is 0.326 e. The van der Waals surface area contributed by atoms with E-state index in [1.54, 1.807) is 0 Å². The Kier molecular flexibility index (Phi) is 5.69. The lowest BCUT2D eigenvalue weighted by Gasteiger charge is -2.22. The van der Waals surface area contributed by atoms with E-state index in [9.17, 15) is 9.59 Å². The highest BCUT2D eigenvalue weighted by Crippen LogP contribution is 2.13. The molecular formula is C12H20N2O3. The number of carbonyl (C=O) groups excluding carboxylic acids is 1. The maximum absolute atomic E-state index is 11.7. The molecule has 0 aromatic carbocycles. The third-order valence-corrected chi connectivity index (χ3v) is 2.91. The first-order chi connectivity index (χ1) is 8.13. The molecule has 1 amide bonds. The normalized spacial score (nSPS) is 21.5. The predicted octanol–water partition coefficient (Wildman–Crippen LogP) is 0.522. The molecule has 2 atom stereocenters. The van der Waals surface area contributed by atoms with Gasteiger partial charge in [-0.15, -0.1) is 6.58 Å². The Labute approximate surface area is 101 Å². The van der Waals surface area contributed by atoms with Gasteiger partial charge in [-0.2, -0.15) is 0 Å². The van der Waals surface area contributed by atoms with Gasteiger partial charge in [0.2, 0.25) is 5.91 Å². The Morgan fingerprint density at radius 2 is 2.35 bits per heavy atom. The van der Waals surface area contributed by atoms with Gasteiger partial charge >= 0.3 is 5.97 Å². The van der Waals surface area contributed by atoms with Gasteiger partial charge in [-0.25, -0.2) is 4.79 Å². The molecule has 0 radical (unpaired) electrons. The lowest BCUT2D eigenvalue weighted by Crippen LogP contribution is -2.42. The van der Waals surface area contributed by atoms with Gasteiger partial charge in [0.15, 0.2) is 0 Å². The second-order valence-corrected chi connectivity index (χ2v) is 4.40. The van der Waals surface area contributed by atoms with E-state index in [0.717, 1.165) is 25.9 Å². The summed E-state index contributed by atoms with van der Waals surface area (Å²) in [6, 6.07) is -0.850. The third kappa shape index (κ3) is 4.99. The molecule has 17 heavy (non-hydrogen) atoms. The maximum Gasteiger partial charge on any atom is 0.326 e. The highest BCUT2D eigenvalue weighted by Gasteiger charge is 2.21. The molecule has 1 rings (SSSR count). The number of carboxylic acids is 1. The van der Waals surface area contributed by atoms with Crippen molar-refractivity contribution in [1.29, 1.82) is 0 Å². The van der Waals surface area contributed by atoms with Crippen molar-refractivity contribution in [3.05, 3.63) is 12.7 Å². The van der Waals surface area contributed by atoms with Crippen LogP contribution in [0, 0.1) is 5.92 Å². The van der Waals surface area contributed by atoms with Crippen LogP contribution in [0.5, 0.6) is 0 Å². The van der Waals surface area contributed by atoms with Gasteiger partial charge in [-0.05, 0) is 38.3 Å². The van der Waals surface area contributed by atoms with Crippen LogP contribution in [0.2, 0.25) is 0 Å². The number of hydrogen-bond acceptors (Lipinski definition) is 3. The molecular weight excluding hydrogens is 220 g/mol. The van der Waals surface area contributed by atoms with Gasteiger partial charge in [0, 0.05) is 6.42 Å². The summed E-state index contributed by atoms with van der Waals surface area (Å²) in [5, 5.41) is 14.6. The van der Waals surface area contributed by atoms with Crippen molar-refractivity contribution in [2.45, 2.75) is 31.7 Å². The SMILES string of the molecule is C=CCC(NC(=O)CC1CCCNC1)C(=O)O. The predicted molar refractivity (Wildman–Crippen MR) is 64.6 cm³/mol. The van der Waals surface area contributed by atoms with Crippen molar-refractivity contribution in [1.82, 2.24) is 10.6 Å². The number of nitrogens with one attached hydrogen (secondary N) is 2. The monoisotopic (exact) mass is 240 g/mol. The molecule has 1 heterocycles. The lowest BCUT2D eigenvalue weighted by atomic mass is 9.96. The fourth-order valence-electron chi connectivity index (χ4n) is 2.00. The quantitative estimate of drug-likeness (QED) is 0.591. The molecule has 0 aromatic heterocycles. The molecule has 1 aliphatic rings. The zero-order valence-corrected chi connectivity index (χ0v) is 9.95. The average Bonchev–Trinajstić information content (AvgIpc) is 2.29. The summed E-state index contributed by atoms with van der Waals surface area (Å²) in [5.41, 5.74) is 0. The summed E-state index contributed by atoms with van der Waals surface area (Å²) in [6.45, 7) is 5.33. The van der Waals surface area contributed by atoms with E-state index < -0.39 is 12.0 Å². The van der Waals surface area contributed by atoms with Crippen LogP contribution in [0.25, 0.3) is 0 Å². The molecule has 0 bridgehead atoms. The minimum absolute atomic E-state index is 0.187. The minimum atomic E-state index is -1.01. The van der Waals surface area contributed by atoms with Gasteiger partial charge in [-0.1, -0.05) is 6.08 Å². The molecule has 0 saturated carbocycles. The second-order valence-electron chi connectivity index (χ2n) is 4.40. The number of rotatable bonds is 6. The molecule has 96 valence electrons. The molecule has 0 aromatic rings. The third-order valence-electron chi connectivity index (χ3n) is 2.91. The van der Waals surface area contributed by atoms with Crippen LogP contribution >= 0.6 is 0 Å². The molecule has 2 unspecified atom stereocenters. The topological polar surface area (TPSA) is 78.4 Å². The molecule has 1 fully saturated rings. The van der Waals surface area contributed by atoms with E-state index in [1.165, 1.54) is 6.08 Å². The first-order valence-corrected chi connectivity index (χ1v) is 5.97. The van der Waals surface area contributed by atoms with E-state index in [-0.39, 0.29) is 12.3 Å². The zero-order valence-electron chi connectivity index (χ0n) is 9.95. The highest BCUT2D eigenvalue weighted by molar-refractivity contribution is 5.83. The van der Waals surface area contributed by atoms with Crippen LogP contribution in [0.4, 0.5) is 0 Å². The van der Waals surface area contributed by atoms with Crippen LogP contribution in [-0.2, 0) is 9.59 Å². The van der Waals surface area contributed by atoms with Gasteiger partial charge in [0.05, 0.1) is 0 Å². The molecule has 5 heteroatoms. The van der Waals surface area contributed by atoms with Crippen LogP contribution < -0.4 is 10.6 Å².